The fourth-order valence-corrected chi connectivity index (χ4v) is 3.05. The maximum Gasteiger partial charge on any atom is 0.250 e. The van der Waals surface area contributed by atoms with Gasteiger partial charge < -0.3 is 4.42 Å². The number of hydrogen-bond acceptors (Lipinski definition) is 5. The number of aryl methyl sites for hydroxylation is 1. The summed E-state index contributed by atoms with van der Waals surface area (Å²) in [5.74, 6) is -0.0889. The first-order valence-corrected chi connectivity index (χ1v) is 8.50. The number of rotatable bonds is 4. The Hall–Kier alpha value is -2.44. The zero-order chi connectivity index (χ0) is 17.1. The Morgan fingerprint density at radius 2 is 2.29 bits per heavy atom. The normalized spacial score (nSPS) is 11.2. The molecule has 0 atom stereocenters. The Bertz CT molecular complexity index is 991. The van der Waals surface area contributed by atoms with Gasteiger partial charge in [-0.05, 0) is 25.1 Å². The van der Waals surface area contributed by atoms with Gasteiger partial charge in [0.15, 0.2) is 10.6 Å². The number of aromatic nitrogens is 1. The Morgan fingerprint density at radius 3 is 3.04 bits per heavy atom. The molecule has 0 radical (unpaired) electrons. The van der Waals surface area contributed by atoms with E-state index < -0.39 is 0 Å². The molecule has 2 heterocycles. The lowest BCUT2D eigenvalue weighted by Gasteiger charge is -2.00. The summed E-state index contributed by atoms with van der Waals surface area (Å²) in [6, 6.07) is 5.39. The molecule has 1 aromatic carbocycles. The number of carbonyl (C=O) groups is 1. The van der Waals surface area contributed by atoms with E-state index in [-0.39, 0.29) is 11.3 Å². The van der Waals surface area contributed by atoms with Crippen molar-refractivity contribution < 1.29 is 9.21 Å². The van der Waals surface area contributed by atoms with Crippen LogP contribution in [0.4, 0.5) is 5.13 Å². The molecular formula is C17H13ClN2O3S. The van der Waals surface area contributed by atoms with Crippen molar-refractivity contribution >= 4 is 51.0 Å². The molecule has 3 aromatic rings. The molecule has 3 rings (SSSR count). The van der Waals surface area contributed by atoms with E-state index in [4.69, 9.17) is 16.0 Å². The molecular weight excluding hydrogens is 348 g/mol. The zero-order valence-corrected chi connectivity index (χ0v) is 14.3. The van der Waals surface area contributed by atoms with Crippen LogP contribution in [0.15, 0.2) is 45.1 Å². The molecule has 0 aliphatic heterocycles. The van der Waals surface area contributed by atoms with Crippen LogP contribution in [0.5, 0.6) is 0 Å². The Kier molecular flexibility index (Phi) is 4.78. The number of alkyl halides is 1. The van der Waals surface area contributed by atoms with E-state index in [0.29, 0.717) is 33.2 Å². The number of anilines is 1. The molecule has 0 aliphatic carbocycles. The molecule has 0 unspecified atom stereocenters. The predicted octanol–water partition coefficient (Wildman–Crippen LogP) is 3.95. The van der Waals surface area contributed by atoms with Gasteiger partial charge in [-0.25, -0.2) is 4.98 Å². The molecule has 0 saturated carbocycles. The van der Waals surface area contributed by atoms with Crippen LogP contribution in [-0.4, -0.2) is 10.9 Å². The van der Waals surface area contributed by atoms with Crippen LogP contribution in [0, 0.1) is 6.92 Å². The second-order valence-electron chi connectivity index (χ2n) is 5.12. The molecule has 0 saturated heterocycles. The van der Waals surface area contributed by atoms with Gasteiger partial charge in [0.1, 0.15) is 11.8 Å². The second kappa shape index (κ2) is 6.98. The lowest BCUT2D eigenvalue weighted by atomic mass is 10.1. The van der Waals surface area contributed by atoms with E-state index in [1.54, 1.807) is 17.5 Å². The molecule has 2 aromatic heterocycles. The average molecular weight is 361 g/mol. The van der Waals surface area contributed by atoms with Crippen molar-refractivity contribution in [1.82, 2.24) is 4.98 Å². The first-order chi connectivity index (χ1) is 11.6. The van der Waals surface area contributed by atoms with E-state index in [0.717, 1.165) is 5.56 Å². The largest absolute Gasteiger partial charge is 0.463 e. The van der Waals surface area contributed by atoms with Crippen molar-refractivity contribution in [3.05, 3.63) is 63.0 Å². The Morgan fingerprint density at radius 1 is 1.46 bits per heavy atom. The van der Waals surface area contributed by atoms with Crippen LogP contribution in [-0.2, 0) is 10.7 Å². The Labute approximate surface area is 146 Å². The quantitative estimate of drug-likeness (QED) is 0.565. The fraction of sp³-hybridized carbons (Fsp3) is 0.118. The van der Waals surface area contributed by atoms with Crippen LogP contribution in [0.3, 0.4) is 0 Å². The number of hydrogen-bond donors (Lipinski definition) is 1. The molecule has 1 N–H and O–H groups in total. The first kappa shape index (κ1) is 16.4. The van der Waals surface area contributed by atoms with Crippen molar-refractivity contribution in [2.45, 2.75) is 12.8 Å². The van der Waals surface area contributed by atoms with Gasteiger partial charge in [0, 0.05) is 11.5 Å². The number of fused-ring (bicyclic) bond motifs is 1. The monoisotopic (exact) mass is 360 g/mol. The van der Waals surface area contributed by atoms with Gasteiger partial charge in [-0.2, -0.15) is 0 Å². The van der Waals surface area contributed by atoms with Crippen molar-refractivity contribution in [1.29, 1.82) is 0 Å². The summed E-state index contributed by atoms with van der Waals surface area (Å²) in [7, 11) is 0. The number of nitrogens with one attached hydrogen (secondary N) is 1. The topological polar surface area (TPSA) is 72.2 Å². The lowest BCUT2D eigenvalue weighted by Crippen LogP contribution is -2.09. The summed E-state index contributed by atoms with van der Waals surface area (Å²) in [6.45, 7) is 1.90. The minimum absolute atomic E-state index is 0.178. The van der Waals surface area contributed by atoms with Gasteiger partial charge in [0.05, 0.1) is 22.5 Å². The molecule has 0 aliphatic rings. The van der Waals surface area contributed by atoms with E-state index in [1.807, 2.05) is 13.0 Å². The molecule has 0 fully saturated rings. The number of halogens is 1. The molecule has 7 heteroatoms. The highest BCUT2D eigenvalue weighted by atomic mass is 35.5. The summed E-state index contributed by atoms with van der Waals surface area (Å²) in [5.41, 5.74) is 2.31. The predicted molar refractivity (Wildman–Crippen MR) is 96.6 cm³/mol. The summed E-state index contributed by atoms with van der Waals surface area (Å²) < 4.78 is 5.44. The van der Waals surface area contributed by atoms with Crippen LogP contribution < -0.4 is 10.7 Å². The van der Waals surface area contributed by atoms with Crippen molar-refractivity contribution in [2.24, 2.45) is 0 Å². The number of carbonyl (C=O) groups excluding carboxylic acids is 1. The van der Waals surface area contributed by atoms with Crippen LogP contribution >= 0.6 is 22.9 Å². The third kappa shape index (κ3) is 3.55. The van der Waals surface area contributed by atoms with Gasteiger partial charge in [0.2, 0.25) is 5.91 Å². The number of thiazole rings is 1. The SMILES string of the molecule is Cc1ccc2occ(/C=C/C(=O)Nc3nc(CCl)cs3)c(=O)c2c1. The highest BCUT2D eigenvalue weighted by Crippen LogP contribution is 2.17. The van der Waals surface area contributed by atoms with Crippen LogP contribution in [0.25, 0.3) is 17.0 Å². The second-order valence-corrected chi connectivity index (χ2v) is 6.25. The number of nitrogens with zero attached hydrogens (tertiary/aromatic N) is 1. The van der Waals surface area contributed by atoms with Crippen LogP contribution in [0.2, 0.25) is 0 Å². The molecule has 0 spiro atoms. The van der Waals surface area contributed by atoms with Crippen molar-refractivity contribution in [3.63, 3.8) is 0 Å². The first-order valence-electron chi connectivity index (χ1n) is 7.08. The molecule has 5 nitrogen and oxygen atoms in total. The number of amides is 1. The zero-order valence-electron chi connectivity index (χ0n) is 12.7. The van der Waals surface area contributed by atoms with Crippen molar-refractivity contribution in [3.8, 4) is 0 Å². The van der Waals surface area contributed by atoms with Gasteiger partial charge >= 0.3 is 0 Å². The molecule has 0 bridgehead atoms. The van der Waals surface area contributed by atoms with Gasteiger partial charge in [0.25, 0.3) is 0 Å². The third-order valence-corrected chi connectivity index (χ3v) is 4.37. The van der Waals surface area contributed by atoms with E-state index >= 15 is 0 Å². The minimum Gasteiger partial charge on any atom is -0.463 e. The molecule has 122 valence electrons. The summed E-state index contributed by atoms with van der Waals surface area (Å²) in [6.07, 6.45) is 4.05. The molecule has 1 amide bonds. The highest BCUT2D eigenvalue weighted by Gasteiger charge is 2.07. The summed E-state index contributed by atoms with van der Waals surface area (Å²) >= 11 is 6.96. The minimum atomic E-state index is -0.380. The number of benzene rings is 1. The average Bonchev–Trinajstić information content (AvgIpc) is 3.02. The summed E-state index contributed by atoms with van der Waals surface area (Å²) in [5, 5.41) is 5.34. The third-order valence-electron chi connectivity index (χ3n) is 3.29. The lowest BCUT2D eigenvalue weighted by molar-refractivity contribution is -0.111. The maximum absolute atomic E-state index is 12.4. The standard InChI is InChI=1S/C17H13ClN2O3S/c1-10-2-4-14-13(6-10)16(22)11(8-23-14)3-5-15(21)20-17-19-12(7-18)9-24-17/h2-6,8-9H,7H2,1H3,(H,19,20,21)/b5-3+. The van der Waals surface area contributed by atoms with E-state index in [1.165, 1.54) is 29.8 Å². The Balaban J connectivity index is 1.81. The maximum atomic E-state index is 12.4. The van der Waals surface area contributed by atoms with E-state index in [2.05, 4.69) is 10.3 Å². The van der Waals surface area contributed by atoms with Gasteiger partial charge in [-0.15, -0.1) is 22.9 Å². The molecule has 24 heavy (non-hydrogen) atoms. The van der Waals surface area contributed by atoms with Crippen LogP contribution in [0.1, 0.15) is 16.8 Å². The van der Waals surface area contributed by atoms with E-state index in [9.17, 15) is 9.59 Å². The fourth-order valence-electron chi connectivity index (χ4n) is 2.11. The van der Waals surface area contributed by atoms with Crippen molar-refractivity contribution in [2.75, 3.05) is 5.32 Å². The van der Waals surface area contributed by atoms with Gasteiger partial charge in [-0.1, -0.05) is 11.6 Å². The van der Waals surface area contributed by atoms with Gasteiger partial charge in [-0.3, -0.25) is 14.9 Å². The smallest absolute Gasteiger partial charge is 0.250 e. The summed E-state index contributed by atoms with van der Waals surface area (Å²) in [4.78, 5) is 28.5. The highest BCUT2D eigenvalue weighted by molar-refractivity contribution is 7.14.